The van der Waals surface area contributed by atoms with Crippen LogP contribution in [0.2, 0.25) is 0 Å². The van der Waals surface area contributed by atoms with Crippen LogP contribution in [0.25, 0.3) is 0 Å². The van der Waals surface area contributed by atoms with Crippen molar-refractivity contribution >= 4 is 0 Å². The van der Waals surface area contributed by atoms with Gasteiger partial charge in [-0.3, -0.25) is 4.68 Å². The van der Waals surface area contributed by atoms with Crippen LogP contribution in [0.1, 0.15) is 32.3 Å². The van der Waals surface area contributed by atoms with E-state index in [2.05, 4.69) is 5.10 Å². The molecule has 1 aromatic heterocycles. The van der Waals surface area contributed by atoms with Gasteiger partial charge in [-0.25, -0.2) is 0 Å². The molecule has 2 heterocycles. The zero-order valence-electron chi connectivity index (χ0n) is 10.2. The molecule has 0 bridgehead atoms. The Bertz CT molecular complexity index is 352. The number of ether oxygens (including phenoxy) is 1. The average molecular weight is 224 g/mol. The summed E-state index contributed by atoms with van der Waals surface area (Å²) in [5.41, 5.74) is 0.450. The van der Waals surface area contributed by atoms with E-state index in [0.29, 0.717) is 19.3 Å². The molecule has 1 fully saturated rings. The molecule has 2 rings (SSSR count). The predicted octanol–water partition coefficient (Wildman–Crippen LogP) is 1.28. The van der Waals surface area contributed by atoms with E-state index in [1.54, 1.807) is 4.68 Å². The van der Waals surface area contributed by atoms with Crippen molar-refractivity contribution < 1.29 is 9.84 Å². The molecule has 16 heavy (non-hydrogen) atoms. The number of rotatable bonds is 2. The molecule has 4 heteroatoms. The minimum Gasteiger partial charge on any atom is -0.389 e. The molecule has 0 radical (unpaired) electrons. The SMILES string of the molecule is CC1CC(O)(Cc2cnn(C)c2)CC(C)O1. The van der Waals surface area contributed by atoms with E-state index in [1.165, 1.54) is 0 Å². The Labute approximate surface area is 96.2 Å². The van der Waals surface area contributed by atoms with E-state index >= 15 is 0 Å². The van der Waals surface area contributed by atoms with Gasteiger partial charge in [-0.2, -0.15) is 5.10 Å². The number of aliphatic hydroxyl groups is 1. The van der Waals surface area contributed by atoms with Crippen molar-refractivity contribution in [2.24, 2.45) is 7.05 Å². The van der Waals surface area contributed by atoms with Gasteiger partial charge >= 0.3 is 0 Å². The molecule has 1 aromatic rings. The fourth-order valence-corrected chi connectivity index (χ4v) is 2.73. The largest absolute Gasteiger partial charge is 0.389 e. The summed E-state index contributed by atoms with van der Waals surface area (Å²) in [6.45, 7) is 4.04. The molecular weight excluding hydrogens is 204 g/mol. The van der Waals surface area contributed by atoms with Crippen LogP contribution in [0.3, 0.4) is 0 Å². The zero-order valence-corrected chi connectivity index (χ0v) is 10.2. The molecule has 0 saturated carbocycles. The second kappa shape index (κ2) is 4.18. The van der Waals surface area contributed by atoms with Crippen molar-refractivity contribution in [3.05, 3.63) is 18.0 Å². The Morgan fingerprint density at radius 1 is 1.50 bits per heavy atom. The van der Waals surface area contributed by atoms with Gasteiger partial charge in [-0.1, -0.05) is 0 Å². The summed E-state index contributed by atoms with van der Waals surface area (Å²) in [6, 6.07) is 0. The Morgan fingerprint density at radius 2 is 2.12 bits per heavy atom. The standard InChI is InChI=1S/C12H20N2O2/c1-9-4-12(15,5-10(2)16-9)6-11-7-13-14(3)8-11/h7-10,15H,4-6H2,1-3H3. The van der Waals surface area contributed by atoms with Crippen molar-refractivity contribution in [2.75, 3.05) is 0 Å². The minimum atomic E-state index is -0.639. The van der Waals surface area contributed by atoms with E-state index < -0.39 is 5.60 Å². The Hall–Kier alpha value is -0.870. The van der Waals surface area contributed by atoms with Gasteiger partial charge in [0.25, 0.3) is 0 Å². The fourth-order valence-electron chi connectivity index (χ4n) is 2.73. The van der Waals surface area contributed by atoms with Crippen molar-refractivity contribution in [3.63, 3.8) is 0 Å². The topological polar surface area (TPSA) is 47.3 Å². The van der Waals surface area contributed by atoms with Gasteiger partial charge in [0.15, 0.2) is 0 Å². The van der Waals surface area contributed by atoms with Crippen LogP contribution in [0.4, 0.5) is 0 Å². The molecule has 4 nitrogen and oxygen atoms in total. The summed E-state index contributed by atoms with van der Waals surface area (Å²) in [6.07, 6.45) is 6.11. The molecule has 1 aliphatic heterocycles. The Kier molecular flexibility index (Phi) is 3.04. The van der Waals surface area contributed by atoms with Crippen LogP contribution < -0.4 is 0 Å². The molecule has 0 amide bonds. The van der Waals surface area contributed by atoms with Gasteiger partial charge in [0.1, 0.15) is 0 Å². The maximum Gasteiger partial charge on any atom is 0.0738 e. The number of aromatic nitrogens is 2. The lowest BCUT2D eigenvalue weighted by Gasteiger charge is -2.39. The molecule has 2 atom stereocenters. The van der Waals surface area contributed by atoms with Crippen LogP contribution >= 0.6 is 0 Å². The van der Waals surface area contributed by atoms with Crippen molar-refractivity contribution in [1.29, 1.82) is 0 Å². The van der Waals surface area contributed by atoms with E-state index in [1.807, 2.05) is 33.3 Å². The predicted molar refractivity (Wildman–Crippen MR) is 61.1 cm³/mol. The van der Waals surface area contributed by atoms with Crippen LogP contribution in [0.15, 0.2) is 12.4 Å². The monoisotopic (exact) mass is 224 g/mol. The van der Waals surface area contributed by atoms with E-state index in [9.17, 15) is 5.11 Å². The van der Waals surface area contributed by atoms with Crippen molar-refractivity contribution in [2.45, 2.75) is 50.9 Å². The summed E-state index contributed by atoms with van der Waals surface area (Å²) < 4.78 is 7.41. The van der Waals surface area contributed by atoms with Gasteiger partial charge in [0, 0.05) is 32.5 Å². The van der Waals surface area contributed by atoms with E-state index in [0.717, 1.165) is 5.56 Å². The third-order valence-corrected chi connectivity index (χ3v) is 3.09. The highest BCUT2D eigenvalue weighted by Crippen LogP contribution is 2.31. The summed E-state index contributed by atoms with van der Waals surface area (Å²) in [5, 5.41) is 14.7. The second-order valence-corrected chi connectivity index (χ2v) is 5.09. The Morgan fingerprint density at radius 3 is 2.62 bits per heavy atom. The third kappa shape index (κ3) is 2.62. The van der Waals surface area contributed by atoms with Gasteiger partial charge in [-0.15, -0.1) is 0 Å². The lowest BCUT2D eigenvalue weighted by molar-refractivity contribution is -0.130. The molecule has 0 aromatic carbocycles. The normalized spacial score (nSPS) is 35.2. The average Bonchev–Trinajstić information content (AvgIpc) is 2.47. The lowest BCUT2D eigenvalue weighted by Crippen LogP contribution is -2.44. The molecule has 90 valence electrons. The zero-order chi connectivity index (χ0) is 11.8. The van der Waals surface area contributed by atoms with Crippen LogP contribution in [-0.4, -0.2) is 32.7 Å². The first kappa shape index (κ1) is 11.6. The summed E-state index contributed by atoms with van der Waals surface area (Å²) in [4.78, 5) is 0. The van der Waals surface area contributed by atoms with Gasteiger partial charge in [0.05, 0.1) is 24.0 Å². The molecule has 1 aliphatic rings. The van der Waals surface area contributed by atoms with E-state index in [-0.39, 0.29) is 12.2 Å². The van der Waals surface area contributed by atoms with Gasteiger partial charge < -0.3 is 9.84 Å². The maximum atomic E-state index is 10.6. The first-order chi connectivity index (χ1) is 7.47. The first-order valence-electron chi connectivity index (χ1n) is 5.82. The molecule has 1 saturated heterocycles. The Balaban J connectivity index is 2.07. The van der Waals surface area contributed by atoms with Crippen LogP contribution in [-0.2, 0) is 18.2 Å². The first-order valence-corrected chi connectivity index (χ1v) is 5.82. The molecule has 2 unspecified atom stereocenters. The summed E-state index contributed by atoms with van der Waals surface area (Å²) >= 11 is 0. The maximum absolute atomic E-state index is 10.6. The highest BCUT2D eigenvalue weighted by atomic mass is 16.5. The highest BCUT2D eigenvalue weighted by Gasteiger charge is 2.36. The van der Waals surface area contributed by atoms with Gasteiger partial charge in [0.2, 0.25) is 0 Å². The van der Waals surface area contributed by atoms with Gasteiger partial charge in [-0.05, 0) is 19.4 Å². The van der Waals surface area contributed by atoms with E-state index in [4.69, 9.17) is 4.74 Å². The molecule has 0 aliphatic carbocycles. The third-order valence-electron chi connectivity index (χ3n) is 3.09. The molecule has 1 N–H and O–H groups in total. The van der Waals surface area contributed by atoms with Crippen molar-refractivity contribution in [1.82, 2.24) is 9.78 Å². The fraction of sp³-hybridized carbons (Fsp3) is 0.750. The minimum absolute atomic E-state index is 0.130. The smallest absolute Gasteiger partial charge is 0.0738 e. The number of hydrogen-bond acceptors (Lipinski definition) is 3. The summed E-state index contributed by atoms with van der Waals surface area (Å²) in [5.74, 6) is 0. The van der Waals surface area contributed by atoms with Crippen LogP contribution in [0.5, 0.6) is 0 Å². The number of hydrogen-bond donors (Lipinski definition) is 1. The molecular formula is C12H20N2O2. The van der Waals surface area contributed by atoms with Crippen LogP contribution in [0, 0.1) is 0 Å². The van der Waals surface area contributed by atoms with Crippen molar-refractivity contribution in [3.8, 4) is 0 Å². The number of nitrogens with zero attached hydrogens (tertiary/aromatic N) is 2. The number of aryl methyl sites for hydroxylation is 1. The quantitative estimate of drug-likeness (QED) is 0.823. The second-order valence-electron chi connectivity index (χ2n) is 5.09. The lowest BCUT2D eigenvalue weighted by atomic mass is 9.83. The molecule has 0 spiro atoms. The summed E-state index contributed by atoms with van der Waals surface area (Å²) in [7, 11) is 1.89. The highest BCUT2D eigenvalue weighted by molar-refractivity contribution is 5.09.